The van der Waals surface area contributed by atoms with Gasteiger partial charge in [0, 0.05) is 43.3 Å². The minimum atomic E-state index is -0.498. The number of aliphatic hydroxyl groups is 1. The summed E-state index contributed by atoms with van der Waals surface area (Å²) in [7, 11) is 0. The van der Waals surface area contributed by atoms with Gasteiger partial charge in [-0.1, -0.05) is 18.2 Å². The Kier molecular flexibility index (Phi) is 8.21. The van der Waals surface area contributed by atoms with Crippen LogP contribution in [0.2, 0.25) is 0 Å². The summed E-state index contributed by atoms with van der Waals surface area (Å²) in [6.45, 7) is 8.00. The molecule has 9 nitrogen and oxygen atoms in total. The van der Waals surface area contributed by atoms with Crippen LogP contribution in [0.25, 0.3) is 22.2 Å². The van der Waals surface area contributed by atoms with Crippen molar-refractivity contribution in [3.8, 4) is 11.3 Å². The lowest BCUT2D eigenvalue weighted by Crippen LogP contribution is -2.51. The number of carbonyl (C=O) groups excluding carboxylic acids is 2. The Hall–Kier alpha value is -3.72. The number of pyridine rings is 2. The molecule has 0 atom stereocenters. The molecule has 1 aliphatic carbocycles. The number of ether oxygens (including phenoxy) is 1. The van der Waals surface area contributed by atoms with E-state index in [2.05, 4.69) is 15.6 Å². The average molecular weight is 546 g/mol. The third-order valence-electron chi connectivity index (χ3n) is 7.64. The summed E-state index contributed by atoms with van der Waals surface area (Å²) < 4.78 is 5.33. The molecule has 9 heteroatoms. The van der Waals surface area contributed by atoms with E-state index in [-0.39, 0.29) is 18.1 Å². The third kappa shape index (κ3) is 6.88. The first-order valence-corrected chi connectivity index (χ1v) is 14.2. The lowest BCUT2D eigenvalue weighted by atomic mass is 9.82. The molecule has 2 aromatic heterocycles. The Balaban J connectivity index is 1.19. The number of anilines is 1. The van der Waals surface area contributed by atoms with Gasteiger partial charge >= 0.3 is 6.09 Å². The number of carbonyl (C=O) groups is 2. The molecule has 0 radical (unpaired) electrons. The van der Waals surface area contributed by atoms with Crippen LogP contribution >= 0.6 is 0 Å². The summed E-state index contributed by atoms with van der Waals surface area (Å²) in [5.74, 6) is 1.55. The first-order valence-electron chi connectivity index (χ1n) is 14.2. The molecule has 0 bridgehead atoms. The number of nitrogens with one attached hydrogen (secondary N) is 2. The maximum Gasteiger partial charge on any atom is 0.407 e. The van der Waals surface area contributed by atoms with E-state index in [1.807, 2.05) is 68.1 Å². The molecular weight excluding hydrogens is 506 g/mol. The molecule has 3 heterocycles. The zero-order valence-electron chi connectivity index (χ0n) is 23.5. The summed E-state index contributed by atoms with van der Waals surface area (Å²) in [4.78, 5) is 36.7. The Morgan fingerprint density at radius 2 is 1.68 bits per heavy atom. The average Bonchev–Trinajstić information content (AvgIpc) is 2.92. The van der Waals surface area contributed by atoms with Crippen molar-refractivity contribution in [1.82, 2.24) is 20.6 Å². The molecule has 1 aliphatic heterocycles. The van der Waals surface area contributed by atoms with Crippen molar-refractivity contribution in [2.75, 3.05) is 31.1 Å². The van der Waals surface area contributed by atoms with Crippen molar-refractivity contribution >= 4 is 28.7 Å². The number of para-hydroxylation sites is 1. The van der Waals surface area contributed by atoms with Crippen LogP contribution in [0, 0.1) is 11.8 Å². The van der Waals surface area contributed by atoms with Gasteiger partial charge in [-0.05, 0) is 82.6 Å². The predicted octanol–water partition coefficient (Wildman–Crippen LogP) is 4.54. The largest absolute Gasteiger partial charge is 0.444 e. The second kappa shape index (κ2) is 11.8. The summed E-state index contributed by atoms with van der Waals surface area (Å²) in [6, 6.07) is 13.4. The molecule has 2 fully saturated rings. The molecule has 1 aromatic carbocycles. The number of nitrogens with zero attached hydrogens (tertiary/aromatic N) is 3. The van der Waals surface area contributed by atoms with Crippen LogP contribution in [0.1, 0.15) is 56.8 Å². The minimum absolute atomic E-state index is 0.104. The summed E-state index contributed by atoms with van der Waals surface area (Å²) in [5, 5.41) is 16.5. The zero-order chi connectivity index (χ0) is 28.3. The van der Waals surface area contributed by atoms with E-state index < -0.39 is 5.60 Å². The van der Waals surface area contributed by atoms with E-state index in [1.54, 1.807) is 6.20 Å². The second-order valence-electron chi connectivity index (χ2n) is 12.0. The van der Waals surface area contributed by atoms with E-state index in [0.717, 1.165) is 48.0 Å². The summed E-state index contributed by atoms with van der Waals surface area (Å²) >= 11 is 0. The SMILES string of the molecule is CC(C)(C)OC(=O)NCC1CCC(CNC(=O)c2cc(-c3ccc(N4CC(O)C4)nc3)nc3ccccc23)CC1. The van der Waals surface area contributed by atoms with Crippen LogP contribution in [-0.4, -0.2) is 65.0 Å². The lowest BCUT2D eigenvalue weighted by Gasteiger charge is -2.36. The molecule has 0 unspecified atom stereocenters. The molecule has 2 amide bonds. The number of hydrogen-bond acceptors (Lipinski definition) is 7. The van der Waals surface area contributed by atoms with Gasteiger partial charge < -0.3 is 25.4 Å². The number of aromatic nitrogens is 2. The zero-order valence-corrected chi connectivity index (χ0v) is 23.5. The van der Waals surface area contributed by atoms with E-state index in [0.29, 0.717) is 49.3 Å². The molecule has 212 valence electrons. The minimum Gasteiger partial charge on any atom is -0.444 e. The highest BCUT2D eigenvalue weighted by molar-refractivity contribution is 6.07. The van der Waals surface area contributed by atoms with Crippen LogP contribution in [0.15, 0.2) is 48.7 Å². The Morgan fingerprint density at radius 3 is 2.30 bits per heavy atom. The number of rotatable bonds is 7. The fourth-order valence-electron chi connectivity index (χ4n) is 5.39. The fraction of sp³-hybridized carbons (Fsp3) is 0.484. The Morgan fingerprint density at radius 1 is 1.00 bits per heavy atom. The molecule has 3 N–H and O–H groups in total. The molecule has 2 aliphatic rings. The highest BCUT2D eigenvalue weighted by Crippen LogP contribution is 2.29. The number of benzene rings is 1. The topological polar surface area (TPSA) is 117 Å². The van der Waals surface area contributed by atoms with Crippen molar-refractivity contribution in [3.63, 3.8) is 0 Å². The number of aliphatic hydroxyl groups excluding tert-OH is 1. The van der Waals surface area contributed by atoms with Crippen LogP contribution in [0.4, 0.5) is 10.6 Å². The van der Waals surface area contributed by atoms with Crippen molar-refractivity contribution in [2.45, 2.75) is 58.2 Å². The Bertz CT molecular complexity index is 1340. The van der Waals surface area contributed by atoms with Crippen molar-refractivity contribution in [2.24, 2.45) is 11.8 Å². The Labute approximate surface area is 235 Å². The smallest absolute Gasteiger partial charge is 0.407 e. The number of amides is 2. The standard InChI is InChI=1S/C31H39N5O4/c1-31(2,3)40-30(39)34-16-21-10-8-20(9-11-21)15-33-29(38)25-14-27(35-26-7-5-4-6-24(25)26)22-12-13-28(32-17-22)36-18-23(37)19-36/h4-7,12-14,17,20-21,23,37H,8-11,15-16,18-19H2,1-3H3,(H,33,38)(H,34,39). The van der Waals surface area contributed by atoms with Crippen LogP contribution in [0.3, 0.4) is 0 Å². The molecule has 0 spiro atoms. The maximum atomic E-state index is 13.4. The predicted molar refractivity (Wildman–Crippen MR) is 155 cm³/mol. The van der Waals surface area contributed by atoms with E-state index in [9.17, 15) is 14.7 Å². The van der Waals surface area contributed by atoms with Crippen molar-refractivity contribution in [3.05, 3.63) is 54.2 Å². The molecular formula is C31H39N5O4. The highest BCUT2D eigenvalue weighted by Gasteiger charge is 2.26. The summed E-state index contributed by atoms with van der Waals surface area (Å²) in [5.41, 5.74) is 2.40. The van der Waals surface area contributed by atoms with Gasteiger partial charge in [-0.15, -0.1) is 0 Å². The number of alkyl carbamates (subject to hydrolysis) is 1. The van der Waals surface area contributed by atoms with Gasteiger partial charge in [-0.2, -0.15) is 0 Å². The number of hydrogen-bond donors (Lipinski definition) is 3. The molecule has 3 aromatic rings. The van der Waals surface area contributed by atoms with Gasteiger partial charge in [0.1, 0.15) is 11.4 Å². The first kappa shape index (κ1) is 27.8. The second-order valence-corrected chi connectivity index (χ2v) is 12.0. The van der Waals surface area contributed by atoms with Crippen molar-refractivity contribution in [1.29, 1.82) is 0 Å². The van der Waals surface area contributed by atoms with Crippen LogP contribution < -0.4 is 15.5 Å². The quantitative estimate of drug-likeness (QED) is 0.399. The highest BCUT2D eigenvalue weighted by atomic mass is 16.6. The first-order chi connectivity index (χ1) is 19.1. The fourth-order valence-corrected chi connectivity index (χ4v) is 5.39. The van der Waals surface area contributed by atoms with Crippen LogP contribution in [0.5, 0.6) is 0 Å². The van der Waals surface area contributed by atoms with Gasteiger partial charge in [0.05, 0.1) is 22.9 Å². The molecule has 5 rings (SSSR count). The molecule has 1 saturated heterocycles. The normalized spacial score (nSPS) is 19.6. The van der Waals surface area contributed by atoms with Gasteiger partial charge in [0.2, 0.25) is 0 Å². The monoisotopic (exact) mass is 545 g/mol. The van der Waals surface area contributed by atoms with E-state index in [1.165, 1.54) is 0 Å². The van der Waals surface area contributed by atoms with E-state index >= 15 is 0 Å². The van der Waals surface area contributed by atoms with Gasteiger partial charge in [0.15, 0.2) is 0 Å². The summed E-state index contributed by atoms with van der Waals surface area (Å²) in [6.07, 6.45) is 5.16. The lowest BCUT2D eigenvalue weighted by molar-refractivity contribution is 0.0512. The molecule has 40 heavy (non-hydrogen) atoms. The van der Waals surface area contributed by atoms with Gasteiger partial charge in [-0.3, -0.25) is 4.79 Å². The van der Waals surface area contributed by atoms with Crippen molar-refractivity contribution < 1.29 is 19.4 Å². The van der Waals surface area contributed by atoms with Gasteiger partial charge in [0.25, 0.3) is 5.91 Å². The van der Waals surface area contributed by atoms with Crippen LogP contribution in [-0.2, 0) is 4.74 Å². The third-order valence-corrected chi connectivity index (χ3v) is 7.64. The number of β-amino-alcohol motifs (C(OH)–C–C–N with tert-alkyl or cyclic N) is 1. The number of fused-ring (bicyclic) bond motifs is 1. The molecule has 1 saturated carbocycles. The van der Waals surface area contributed by atoms with Gasteiger partial charge in [-0.25, -0.2) is 14.8 Å². The van der Waals surface area contributed by atoms with E-state index in [4.69, 9.17) is 9.72 Å². The maximum absolute atomic E-state index is 13.4.